The molecule has 0 radical (unpaired) electrons. The second-order valence-electron chi connectivity index (χ2n) is 7.32. The summed E-state index contributed by atoms with van der Waals surface area (Å²) in [5, 5.41) is 6.88. The third-order valence-electron chi connectivity index (χ3n) is 4.60. The van der Waals surface area contributed by atoms with Crippen LogP contribution in [0.3, 0.4) is 0 Å². The lowest BCUT2D eigenvalue weighted by Gasteiger charge is -2.34. The van der Waals surface area contributed by atoms with Crippen molar-refractivity contribution in [3.05, 3.63) is 29.8 Å². The third-order valence-corrected chi connectivity index (χ3v) is 4.60. The molecule has 26 heavy (non-hydrogen) atoms. The molecular formula is C20H35IN4O. The number of likely N-dealkylation sites (tertiary alicyclic amines) is 1. The Hall–Kier alpha value is -1.02. The topological polar surface area (TPSA) is 48.9 Å². The van der Waals surface area contributed by atoms with Gasteiger partial charge in [-0.1, -0.05) is 26.0 Å². The van der Waals surface area contributed by atoms with Gasteiger partial charge in [-0.15, -0.1) is 24.0 Å². The van der Waals surface area contributed by atoms with E-state index in [-0.39, 0.29) is 24.0 Å². The minimum atomic E-state index is 0. The van der Waals surface area contributed by atoms with Crippen LogP contribution in [-0.4, -0.2) is 51.2 Å². The average molecular weight is 474 g/mol. The minimum Gasteiger partial charge on any atom is -0.497 e. The summed E-state index contributed by atoms with van der Waals surface area (Å²) in [6, 6.07) is 8.11. The molecule has 148 valence electrons. The Balaban J connectivity index is 0.00000338. The van der Waals surface area contributed by atoms with E-state index >= 15 is 0 Å². The average Bonchev–Trinajstić information content (AvgIpc) is 2.62. The van der Waals surface area contributed by atoms with Gasteiger partial charge in [-0.25, -0.2) is 0 Å². The molecule has 0 spiro atoms. The molecule has 0 bridgehead atoms. The fourth-order valence-electron chi connectivity index (χ4n) is 3.43. The van der Waals surface area contributed by atoms with Gasteiger partial charge in [0.2, 0.25) is 0 Å². The fraction of sp³-hybridized carbons (Fsp3) is 0.650. The van der Waals surface area contributed by atoms with Gasteiger partial charge in [0, 0.05) is 33.2 Å². The number of piperidine rings is 1. The van der Waals surface area contributed by atoms with Crippen LogP contribution in [0.15, 0.2) is 29.3 Å². The number of benzene rings is 1. The maximum atomic E-state index is 5.27. The molecule has 2 rings (SSSR count). The van der Waals surface area contributed by atoms with Crippen LogP contribution in [0.1, 0.15) is 32.3 Å². The van der Waals surface area contributed by atoms with Crippen molar-refractivity contribution in [3.8, 4) is 5.75 Å². The lowest BCUT2D eigenvalue weighted by Crippen LogP contribution is -2.44. The van der Waals surface area contributed by atoms with Gasteiger partial charge < -0.3 is 20.3 Å². The standard InChI is InChI=1S/C20H34N4O.HI/c1-16(2)14-24-10-6-8-18(15-24)13-23-20(21-3)22-12-17-7-5-9-19(11-17)25-4;/h5,7,9,11,16,18H,6,8,10,12-15H2,1-4H3,(H2,21,22,23);1H. The maximum absolute atomic E-state index is 5.27. The molecule has 2 N–H and O–H groups in total. The normalized spacial score (nSPS) is 18.3. The van der Waals surface area contributed by atoms with Gasteiger partial charge in [-0.05, 0) is 48.9 Å². The summed E-state index contributed by atoms with van der Waals surface area (Å²) >= 11 is 0. The van der Waals surface area contributed by atoms with E-state index in [1.165, 1.54) is 38.0 Å². The predicted octanol–water partition coefficient (Wildman–Crippen LogP) is 3.35. The molecule has 6 heteroatoms. The van der Waals surface area contributed by atoms with Crippen LogP contribution in [0, 0.1) is 11.8 Å². The zero-order valence-corrected chi connectivity index (χ0v) is 19.0. The number of nitrogens with one attached hydrogen (secondary N) is 2. The summed E-state index contributed by atoms with van der Waals surface area (Å²) in [6.45, 7) is 9.96. The second-order valence-corrected chi connectivity index (χ2v) is 7.32. The minimum absolute atomic E-state index is 0. The quantitative estimate of drug-likeness (QED) is 0.362. The first-order valence-corrected chi connectivity index (χ1v) is 9.40. The summed E-state index contributed by atoms with van der Waals surface area (Å²) in [5.74, 6) is 3.19. The zero-order valence-electron chi connectivity index (χ0n) is 16.6. The van der Waals surface area contributed by atoms with Gasteiger partial charge in [0.15, 0.2) is 5.96 Å². The number of aliphatic imine (C=N–C) groups is 1. The first kappa shape index (κ1) is 23.0. The molecule has 1 unspecified atom stereocenters. The van der Waals surface area contributed by atoms with Crippen LogP contribution in [-0.2, 0) is 6.54 Å². The number of hydrogen-bond acceptors (Lipinski definition) is 3. The SMILES string of the molecule is CN=C(NCc1cccc(OC)c1)NCC1CCCN(CC(C)C)C1.I. The second kappa shape index (κ2) is 12.4. The van der Waals surface area contributed by atoms with Crippen molar-refractivity contribution < 1.29 is 4.74 Å². The number of halogens is 1. The van der Waals surface area contributed by atoms with E-state index in [0.717, 1.165) is 30.7 Å². The Labute approximate surface area is 176 Å². The summed E-state index contributed by atoms with van der Waals surface area (Å²) in [4.78, 5) is 6.95. The van der Waals surface area contributed by atoms with Crippen molar-refractivity contribution in [1.29, 1.82) is 0 Å². The van der Waals surface area contributed by atoms with Gasteiger partial charge >= 0.3 is 0 Å². The summed E-state index contributed by atoms with van der Waals surface area (Å²) < 4.78 is 5.27. The molecule has 1 aromatic rings. The number of hydrogen-bond donors (Lipinski definition) is 2. The lowest BCUT2D eigenvalue weighted by atomic mass is 9.97. The third kappa shape index (κ3) is 8.12. The smallest absolute Gasteiger partial charge is 0.191 e. The molecule has 5 nitrogen and oxygen atoms in total. The highest BCUT2D eigenvalue weighted by Crippen LogP contribution is 2.17. The van der Waals surface area contributed by atoms with E-state index in [9.17, 15) is 0 Å². The van der Waals surface area contributed by atoms with Crippen molar-refractivity contribution in [3.63, 3.8) is 0 Å². The number of guanidine groups is 1. The number of nitrogens with zero attached hydrogens (tertiary/aromatic N) is 2. The summed E-state index contributed by atoms with van der Waals surface area (Å²) in [7, 11) is 3.52. The number of methoxy groups -OCH3 is 1. The number of rotatable bonds is 7. The first-order valence-electron chi connectivity index (χ1n) is 9.40. The van der Waals surface area contributed by atoms with Crippen molar-refractivity contribution in [2.75, 3.05) is 40.3 Å². The highest BCUT2D eigenvalue weighted by atomic mass is 127. The molecule has 1 atom stereocenters. The van der Waals surface area contributed by atoms with Crippen molar-refractivity contribution in [1.82, 2.24) is 15.5 Å². The van der Waals surface area contributed by atoms with Crippen molar-refractivity contribution in [2.24, 2.45) is 16.8 Å². The van der Waals surface area contributed by atoms with E-state index in [2.05, 4.69) is 40.4 Å². The van der Waals surface area contributed by atoms with Gasteiger partial charge in [0.05, 0.1) is 7.11 Å². The fourth-order valence-corrected chi connectivity index (χ4v) is 3.43. The van der Waals surface area contributed by atoms with E-state index in [4.69, 9.17) is 4.74 Å². The molecule has 1 fully saturated rings. The van der Waals surface area contributed by atoms with Crippen LogP contribution in [0.4, 0.5) is 0 Å². The van der Waals surface area contributed by atoms with Crippen molar-refractivity contribution >= 4 is 29.9 Å². The highest BCUT2D eigenvalue weighted by Gasteiger charge is 2.20. The highest BCUT2D eigenvalue weighted by molar-refractivity contribution is 14.0. The Bertz CT molecular complexity index is 550. The van der Waals surface area contributed by atoms with E-state index in [1.54, 1.807) is 7.11 Å². The molecule has 0 amide bonds. The predicted molar refractivity (Wildman–Crippen MR) is 121 cm³/mol. The molecule has 1 aromatic carbocycles. The zero-order chi connectivity index (χ0) is 18.1. The van der Waals surface area contributed by atoms with E-state index < -0.39 is 0 Å². The van der Waals surface area contributed by atoms with Crippen LogP contribution in [0.5, 0.6) is 5.75 Å². The van der Waals surface area contributed by atoms with E-state index in [1.807, 2.05) is 25.2 Å². The van der Waals surface area contributed by atoms with Gasteiger partial charge in [-0.2, -0.15) is 0 Å². The van der Waals surface area contributed by atoms with Gasteiger partial charge in [-0.3, -0.25) is 4.99 Å². The van der Waals surface area contributed by atoms with Crippen LogP contribution >= 0.6 is 24.0 Å². The Morgan fingerprint density at radius 2 is 2.15 bits per heavy atom. The molecule has 0 saturated carbocycles. The number of ether oxygens (including phenoxy) is 1. The monoisotopic (exact) mass is 474 g/mol. The first-order chi connectivity index (χ1) is 12.1. The summed E-state index contributed by atoms with van der Waals surface area (Å²) in [5.41, 5.74) is 1.18. The summed E-state index contributed by atoms with van der Waals surface area (Å²) in [6.07, 6.45) is 2.60. The van der Waals surface area contributed by atoms with Crippen LogP contribution < -0.4 is 15.4 Å². The molecule has 0 aromatic heterocycles. The van der Waals surface area contributed by atoms with Gasteiger partial charge in [0.25, 0.3) is 0 Å². The molecule has 0 aliphatic carbocycles. The maximum Gasteiger partial charge on any atom is 0.191 e. The molecule has 1 saturated heterocycles. The van der Waals surface area contributed by atoms with Crippen LogP contribution in [0.25, 0.3) is 0 Å². The molecule has 1 aliphatic heterocycles. The Morgan fingerprint density at radius 1 is 1.35 bits per heavy atom. The lowest BCUT2D eigenvalue weighted by molar-refractivity contribution is 0.159. The Morgan fingerprint density at radius 3 is 2.85 bits per heavy atom. The molecular weight excluding hydrogens is 439 g/mol. The van der Waals surface area contributed by atoms with Gasteiger partial charge in [0.1, 0.15) is 5.75 Å². The molecule has 1 aliphatic rings. The van der Waals surface area contributed by atoms with Crippen LogP contribution in [0.2, 0.25) is 0 Å². The largest absolute Gasteiger partial charge is 0.497 e. The Kier molecular flexibility index (Phi) is 11.0. The van der Waals surface area contributed by atoms with E-state index in [0.29, 0.717) is 5.92 Å². The van der Waals surface area contributed by atoms with Crippen molar-refractivity contribution in [2.45, 2.75) is 33.2 Å². The molecule has 1 heterocycles.